The molecule has 1 aliphatic rings. The lowest BCUT2D eigenvalue weighted by atomic mass is 10.1. The summed E-state index contributed by atoms with van der Waals surface area (Å²) in [6.07, 6.45) is 2.90. The molecule has 3 heteroatoms. The maximum Gasteiger partial charge on any atom is 0.262 e. The lowest BCUT2D eigenvalue weighted by Gasteiger charge is -2.24. The van der Waals surface area contributed by atoms with Gasteiger partial charge in [-0.2, -0.15) is 5.26 Å². The molecule has 1 atom stereocenters. The van der Waals surface area contributed by atoms with Gasteiger partial charge < -0.3 is 9.47 Å². The molecule has 0 radical (unpaired) electrons. The number of hydrogen-bond acceptors (Lipinski definition) is 3. The highest BCUT2D eigenvalue weighted by Gasteiger charge is 2.36. The summed E-state index contributed by atoms with van der Waals surface area (Å²) in [6.45, 7) is 3.49. The van der Waals surface area contributed by atoms with E-state index in [4.69, 9.17) is 14.7 Å². The maximum atomic E-state index is 8.52. The molecular weight excluding hydrogens is 130 g/mol. The summed E-state index contributed by atoms with van der Waals surface area (Å²) in [7, 11) is 0. The number of ether oxygens (including phenoxy) is 2. The van der Waals surface area contributed by atoms with Crippen molar-refractivity contribution in [1.82, 2.24) is 0 Å². The van der Waals surface area contributed by atoms with Gasteiger partial charge in [0, 0.05) is 6.92 Å². The van der Waals surface area contributed by atoms with Gasteiger partial charge in [0.05, 0.1) is 6.07 Å². The molecule has 0 aliphatic carbocycles. The number of nitriles is 1. The molecule has 0 aromatic rings. The molecule has 0 saturated heterocycles. The molecule has 1 aliphatic heterocycles. The second-order valence-electron chi connectivity index (χ2n) is 2.37. The Bertz CT molecular complexity index is 184. The van der Waals surface area contributed by atoms with Gasteiger partial charge in [0.25, 0.3) is 5.79 Å². The fourth-order valence-corrected chi connectivity index (χ4v) is 0.675. The van der Waals surface area contributed by atoms with Crippen LogP contribution in [0.3, 0.4) is 0 Å². The van der Waals surface area contributed by atoms with E-state index in [1.165, 1.54) is 12.5 Å². The maximum absolute atomic E-state index is 8.52. The van der Waals surface area contributed by atoms with Gasteiger partial charge in [0.2, 0.25) is 0 Å². The lowest BCUT2D eigenvalue weighted by Crippen LogP contribution is -2.32. The van der Waals surface area contributed by atoms with E-state index in [0.29, 0.717) is 0 Å². The lowest BCUT2D eigenvalue weighted by molar-refractivity contribution is -0.148. The zero-order valence-electron chi connectivity index (χ0n) is 6.00. The SMILES string of the molecule is CC(C#N)C1(C)OC=CO1. The Morgan fingerprint density at radius 1 is 1.50 bits per heavy atom. The van der Waals surface area contributed by atoms with Gasteiger partial charge in [-0.25, -0.2) is 0 Å². The zero-order valence-corrected chi connectivity index (χ0v) is 6.00. The van der Waals surface area contributed by atoms with Crippen molar-refractivity contribution in [1.29, 1.82) is 5.26 Å². The second kappa shape index (κ2) is 2.22. The highest BCUT2D eigenvalue weighted by molar-refractivity contribution is 4.94. The first-order chi connectivity index (χ1) is 4.69. The largest absolute Gasteiger partial charge is 0.456 e. The Balaban J connectivity index is 2.63. The van der Waals surface area contributed by atoms with Crippen molar-refractivity contribution in [2.24, 2.45) is 5.92 Å². The molecule has 1 heterocycles. The summed E-state index contributed by atoms with van der Waals surface area (Å²) < 4.78 is 10.1. The van der Waals surface area contributed by atoms with Gasteiger partial charge in [-0.15, -0.1) is 0 Å². The van der Waals surface area contributed by atoms with E-state index in [2.05, 4.69) is 6.07 Å². The van der Waals surface area contributed by atoms with Gasteiger partial charge in [-0.3, -0.25) is 0 Å². The average Bonchev–Trinajstić information content (AvgIpc) is 2.36. The molecule has 0 fully saturated rings. The van der Waals surface area contributed by atoms with Gasteiger partial charge in [0.15, 0.2) is 0 Å². The summed E-state index contributed by atoms with van der Waals surface area (Å²) in [4.78, 5) is 0. The molecule has 0 N–H and O–H groups in total. The third kappa shape index (κ3) is 0.926. The van der Waals surface area contributed by atoms with E-state index in [9.17, 15) is 0 Å². The molecule has 1 rings (SSSR count). The van der Waals surface area contributed by atoms with Gasteiger partial charge in [0.1, 0.15) is 18.4 Å². The third-order valence-electron chi connectivity index (χ3n) is 1.64. The summed E-state index contributed by atoms with van der Waals surface area (Å²) in [6, 6.07) is 2.06. The number of rotatable bonds is 1. The van der Waals surface area contributed by atoms with Crippen molar-refractivity contribution >= 4 is 0 Å². The van der Waals surface area contributed by atoms with Crippen LogP contribution in [0.2, 0.25) is 0 Å². The molecule has 0 aromatic carbocycles. The van der Waals surface area contributed by atoms with Crippen molar-refractivity contribution in [2.75, 3.05) is 0 Å². The molecular formula is C7H9NO2. The van der Waals surface area contributed by atoms with E-state index in [-0.39, 0.29) is 5.92 Å². The fraction of sp³-hybridized carbons (Fsp3) is 0.571. The molecule has 54 valence electrons. The highest BCUT2D eigenvalue weighted by Crippen LogP contribution is 2.27. The van der Waals surface area contributed by atoms with Crippen LogP contribution in [0, 0.1) is 17.2 Å². The average molecular weight is 139 g/mol. The van der Waals surface area contributed by atoms with Crippen LogP contribution >= 0.6 is 0 Å². The molecule has 0 spiro atoms. The van der Waals surface area contributed by atoms with Crippen LogP contribution in [-0.2, 0) is 9.47 Å². The van der Waals surface area contributed by atoms with Crippen LogP contribution < -0.4 is 0 Å². The number of nitrogens with zero attached hydrogens (tertiary/aromatic N) is 1. The molecule has 1 unspecified atom stereocenters. The Hall–Kier alpha value is -1.17. The summed E-state index contributed by atoms with van der Waals surface area (Å²) in [5, 5.41) is 8.52. The fourth-order valence-electron chi connectivity index (χ4n) is 0.675. The van der Waals surface area contributed by atoms with E-state index < -0.39 is 5.79 Å². The van der Waals surface area contributed by atoms with Crippen molar-refractivity contribution in [3.05, 3.63) is 12.5 Å². The van der Waals surface area contributed by atoms with Crippen LogP contribution in [-0.4, -0.2) is 5.79 Å². The molecule has 10 heavy (non-hydrogen) atoms. The van der Waals surface area contributed by atoms with Crippen molar-refractivity contribution < 1.29 is 9.47 Å². The minimum atomic E-state index is -0.769. The minimum absolute atomic E-state index is 0.262. The summed E-state index contributed by atoms with van der Waals surface area (Å²) in [5.41, 5.74) is 0. The van der Waals surface area contributed by atoms with Crippen LogP contribution in [0.25, 0.3) is 0 Å². The molecule has 0 amide bonds. The predicted molar refractivity (Wildman–Crippen MR) is 34.5 cm³/mol. The van der Waals surface area contributed by atoms with Crippen LogP contribution in [0.5, 0.6) is 0 Å². The van der Waals surface area contributed by atoms with Crippen LogP contribution in [0.1, 0.15) is 13.8 Å². The number of hydrogen-bond donors (Lipinski definition) is 0. The van der Waals surface area contributed by atoms with Gasteiger partial charge >= 0.3 is 0 Å². The third-order valence-corrected chi connectivity index (χ3v) is 1.64. The smallest absolute Gasteiger partial charge is 0.262 e. The van der Waals surface area contributed by atoms with Gasteiger partial charge in [-0.05, 0) is 6.92 Å². The van der Waals surface area contributed by atoms with Crippen LogP contribution in [0.4, 0.5) is 0 Å². The van der Waals surface area contributed by atoms with Crippen molar-refractivity contribution in [3.8, 4) is 6.07 Å². The van der Waals surface area contributed by atoms with E-state index in [1.807, 2.05) is 0 Å². The minimum Gasteiger partial charge on any atom is -0.456 e. The first-order valence-electron chi connectivity index (χ1n) is 3.09. The van der Waals surface area contributed by atoms with Gasteiger partial charge in [-0.1, -0.05) is 0 Å². The topological polar surface area (TPSA) is 42.2 Å². The van der Waals surface area contributed by atoms with E-state index >= 15 is 0 Å². The predicted octanol–water partition coefficient (Wildman–Crippen LogP) is 1.38. The Kier molecular flexibility index (Phi) is 1.54. The highest BCUT2D eigenvalue weighted by atomic mass is 16.7. The quantitative estimate of drug-likeness (QED) is 0.551. The molecule has 0 saturated carbocycles. The van der Waals surface area contributed by atoms with Crippen molar-refractivity contribution in [2.45, 2.75) is 19.6 Å². The molecule has 0 aromatic heterocycles. The normalized spacial score (nSPS) is 22.5. The molecule has 0 bridgehead atoms. The Morgan fingerprint density at radius 2 is 2.00 bits per heavy atom. The first-order valence-corrected chi connectivity index (χ1v) is 3.09. The van der Waals surface area contributed by atoms with E-state index in [1.54, 1.807) is 13.8 Å². The van der Waals surface area contributed by atoms with E-state index in [0.717, 1.165) is 0 Å². The standard InChI is InChI=1S/C7H9NO2/c1-6(5-8)7(2)9-3-4-10-7/h3-4,6H,1-2H3. The molecule has 3 nitrogen and oxygen atoms in total. The summed E-state index contributed by atoms with van der Waals surface area (Å²) in [5.74, 6) is -1.03. The Morgan fingerprint density at radius 3 is 2.40 bits per heavy atom. The Labute approximate surface area is 59.9 Å². The second-order valence-corrected chi connectivity index (χ2v) is 2.37. The zero-order chi connectivity index (χ0) is 7.61. The van der Waals surface area contributed by atoms with Crippen LogP contribution in [0.15, 0.2) is 12.5 Å². The summed E-state index contributed by atoms with van der Waals surface area (Å²) >= 11 is 0. The monoisotopic (exact) mass is 139 g/mol. The first kappa shape index (κ1) is 6.94. The van der Waals surface area contributed by atoms with Crippen molar-refractivity contribution in [3.63, 3.8) is 0 Å².